The van der Waals surface area contributed by atoms with Gasteiger partial charge < -0.3 is 10.1 Å². The van der Waals surface area contributed by atoms with E-state index in [9.17, 15) is 10.1 Å². The zero-order valence-corrected chi connectivity index (χ0v) is 11.1. The van der Waals surface area contributed by atoms with Gasteiger partial charge in [-0.05, 0) is 19.1 Å². The lowest BCUT2D eigenvalue weighted by atomic mass is 10.2. The molecule has 1 heterocycles. The monoisotopic (exact) mass is 274 g/mol. The number of anilines is 1. The van der Waals surface area contributed by atoms with Crippen LogP contribution in [0.2, 0.25) is 0 Å². The van der Waals surface area contributed by atoms with Crippen LogP contribution < -0.4 is 10.1 Å². The van der Waals surface area contributed by atoms with Crippen molar-refractivity contribution in [2.24, 2.45) is 0 Å². The molecule has 1 aromatic heterocycles. The number of methoxy groups -OCH3 is 1. The first-order chi connectivity index (χ1) is 9.61. The van der Waals surface area contributed by atoms with Crippen LogP contribution in [0.15, 0.2) is 36.8 Å². The summed E-state index contributed by atoms with van der Waals surface area (Å²) in [6.07, 6.45) is 4.84. The topological polar surface area (TPSA) is 90.2 Å². The molecule has 0 aliphatic carbocycles. The number of rotatable bonds is 5. The predicted octanol–water partition coefficient (Wildman–Crippen LogP) is 2.57. The minimum atomic E-state index is -0.475. The van der Waals surface area contributed by atoms with Crippen LogP contribution in [0.4, 0.5) is 11.4 Å². The molecule has 0 spiro atoms. The van der Waals surface area contributed by atoms with Gasteiger partial charge in [0.15, 0.2) is 5.75 Å². The molecule has 7 nitrogen and oxygen atoms in total. The summed E-state index contributed by atoms with van der Waals surface area (Å²) >= 11 is 0. The first-order valence-electron chi connectivity index (χ1n) is 5.96. The average molecular weight is 274 g/mol. The third-order valence-electron chi connectivity index (χ3n) is 2.79. The predicted molar refractivity (Wildman–Crippen MR) is 73.7 cm³/mol. The molecule has 1 unspecified atom stereocenters. The summed E-state index contributed by atoms with van der Waals surface area (Å²) in [6.45, 7) is 1.90. The SMILES string of the molecule is COc1ccc(NC(C)c2cnccn2)cc1[N+](=O)[O-]. The quantitative estimate of drug-likeness (QED) is 0.665. The second kappa shape index (κ2) is 5.96. The van der Waals surface area contributed by atoms with Gasteiger partial charge in [-0.15, -0.1) is 0 Å². The van der Waals surface area contributed by atoms with Crippen LogP contribution in [0.3, 0.4) is 0 Å². The number of nitro groups is 1. The third-order valence-corrected chi connectivity index (χ3v) is 2.79. The molecule has 0 saturated heterocycles. The molecule has 1 N–H and O–H groups in total. The smallest absolute Gasteiger partial charge is 0.312 e. The highest BCUT2D eigenvalue weighted by molar-refractivity contribution is 5.59. The van der Waals surface area contributed by atoms with Crippen molar-refractivity contribution in [2.75, 3.05) is 12.4 Å². The molecular formula is C13H14N4O3. The van der Waals surface area contributed by atoms with E-state index in [1.165, 1.54) is 13.2 Å². The lowest BCUT2D eigenvalue weighted by molar-refractivity contribution is -0.385. The lowest BCUT2D eigenvalue weighted by Crippen LogP contribution is -2.09. The second-order valence-corrected chi connectivity index (χ2v) is 4.14. The Morgan fingerprint density at radius 2 is 2.20 bits per heavy atom. The van der Waals surface area contributed by atoms with E-state index in [4.69, 9.17) is 4.74 Å². The van der Waals surface area contributed by atoms with Gasteiger partial charge in [0.05, 0.1) is 30.0 Å². The summed E-state index contributed by atoms with van der Waals surface area (Å²) in [7, 11) is 1.40. The van der Waals surface area contributed by atoms with Gasteiger partial charge in [-0.2, -0.15) is 0 Å². The van der Waals surface area contributed by atoms with E-state index in [1.807, 2.05) is 6.92 Å². The maximum absolute atomic E-state index is 11.0. The summed E-state index contributed by atoms with van der Waals surface area (Å²) in [5.74, 6) is 0.229. The highest BCUT2D eigenvalue weighted by atomic mass is 16.6. The molecule has 1 atom stereocenters. The highest BCUT2D eigenvalue weighted by Crippen LogP contribution is 2.30. The summed E-state index contributed by atoms with van der Waals surface area (Å²) in [4.78, 5) is 18.7. The summed E-state index contributed by atoms with van der Waals surface area (Å²) in [6, 6.07) is 4.60. The van der Waals surface area contributed by atoms with Crippen LogP contribution in [0.25, 0.3) is 0 Å². The molecule has 0 saturated carbocycles. The number of benzene rings is 1. The Morgan fingerprint density at radius 3 is 2.80 bits per heavy atom. The van der Waals surface area contributed by atoms with Crippen LogP contribution in [0.5, 0.6) is 5.75 Å². The molecule has 0 radical (unpaired) electrons. The fraction of sp³-hybridized carbons (Fsp3) is 0.231. The highest BCUT2D eigenvalue weighted by Gasteiger charge is 2.16. The van der Waals surface area contributed by atoms with Crippen LogP contribution in [0, 0.1) is 10.1 Å². The first-order valence-corrected chi connectivity index (χ1v) is 5.96. The van der Waals surface area contributed by atoms with Crippen LogP contribution in [0.1, 0.15) is 18.7 Å². The Labute approximate surface area is 115 Å². The number of hydrogen-bond donors (Lipinski definition) is 1. The molecule has 0 bridgehead atoms. The number of nitrogens with zero attached hydrogens (tertiary/aromatic N) is 3. The molecule has 2 aromatic rings. The van der Waals surface area contributed by atoms with Crippen LogP contribution in [-0.4, -0.2) is 22.0 Å². The van der Waals surface area contributed by atoms with Crippen molar-refractivity contribution in [1.82, 2.24) is 9.97 Å². The molecule has 104 valence electrons. The fourth-order valence-electron chi connectivity index (χ4n) is 1.78. The minimum absolute atomic E-state index is 0.0798. The molecule has 0 amide bonds. The number of ether oxygens (including phenoxy) is 1. The number of hydrogen-bond acceptors (Lipinski definition) is 6. The van der Waals surface area contributed by atoms with E-state index < -0.39 is 4.92 Å². The van der Waals surface area contributed by atoms with Crippen molar-refractivity contribution < 1.29 is 9.66 Å². The Hall–Kier alpha value is -2.70. The van der Waals surface area contributed by atoms with Gasteiger partial charge in [-0.25, -0.2) is 0 Å². The largest absolute Gasteiger partial charge is 0.490 e. The van der Waals surface area contributed by atoms with Gasteiger partial charge in [-0.3, -0.25) is 20.1 Å². The first kappa shape index (κ1) is 13.7. The molecular weight excluding hydrogens is 260 g/mol. The molecule has 1 aromatic carbocycles. The minimum Gasteiger partial charge on any atom is -0.490 e. The van der Waals surface area contributed by atoms with Gasteiger partial charge in [0, 0.05) is 24.1 Å². The van der Waals surface area contributed by atoms with E-state index in [2.05, 4.69) is 15.3 Å². The Balaban J connectivity index is 2.22. The molecule has 0 aliphatic heterocycles. The normalized spacial score (nSPS) is 11.7. The van der Waals surface area contributed by atoms with E-state index in [0.29, 0.717) is 5.69 Å². The Bertz CT molecular complexity index is 604. The zero-order valence-electron chi connectivity index (χ0n) is 11.1. The molecule has 0 fully saturated rings. The van der Waals surface area contributed by atoms with Crippen LogP contribution >= 0.6 is 0 Å². The van der Waals surface area contributed by atoms with Crippen molar-refractivity contribution >= 4 is 11.4 Å². The number of nitro benzene ring substituents is 1. The molecule has 2 rings (SSSR count). The van der Waals surface area contributed by atoms with Crippen molar-refractivity contribution in [1.29, 1.82) is 0 Å². The lowest BCUT2D eigenvalue weighted by Gasteiger charge is -2.14. The average Bonchev–Trinajstić information content (AvgIpc) is 2.48. The van der Waals surface area contributed by atoms with Crippen LogP contribution in [-0.2, 0) is 0 Å². The van der Waals surface area contributed by atoms with Gasteiger partial charge >= 0.3 is 5.69 Å². The summed E-state index contributed by atoms with van der Waals surface area (Å²) < 4.78 is 4.96. The third kappa shape index (κ3) is 3.00. The molecule has 7 heteroatoms. The van der Waals surface area contributed by atoms with Crippen molar-refractivity contribution in [2.45, 2.75) is 13.0 Å². The van der Waals surface area contributed by atoms with Gasteiger partial charge in [0.1, 0.15) is 0 Å². The zero-order chi connectivity index (χ0) is 14.5. The summed E-state index contributed by atoms with van der Waals surface area (Å²) in [5, 5.41) is 14.1. The summed E-state index contributed by atoms with van der Waals surface area (Å²) in [5.41, 5.74) is 1.30. The molecule has 0 aliphatic rings. The van der Waals surface area contributed by atoms with E-state index >= 15 is 0 Å². The Kier molecular flexibility index (Phi) is 4.09. The van der Waals surface area contributed by atoms with E-state index in [1.54, 1.807) is 30.7 Å². The van der Waals surface area contributed by atoms with Gasteiger partial charge in [-0.1, -0.05) is 0 Å². The number of aromatic nitrogens is 2. The van der Waals surface area contributed by atoms with Crippen molar-refractivity contribution in [3.8, 4) is 5.75 Å². The van der Waals surface area contributed by atoms with E-state index in [0.717, 1.165) is 5.69 Å². The van der Waals surface area contributed by atoms with Gasteiger partial charge in [0.2, 0.25) is 0 Å². The Morgan fingerprint density at radius 1 is 1.40 bits per heavy atom. The number of nitrogens with one attached hydrogen (secondary N) is 1. The van der Waals surface area contributed by atoms with Crippen molar-refractivity contribution in [3.63, 3.8) is 0 Å². The standard InChI is InChI=1S/C13H14N4O3/c1-9(11-8-14-5-6-15-11)16-10-3-4-13(20-2)12(7-10)17(18)19/h3-9,16H,1-2H3. The maximum atomic E-state index is 11.0. The van der Waals surface area contributed by atoms with E-state index in [-0.39, 0.29) is 17.5 Å². The van der Waals surface area contributed by atoms with Gasteiger partial charge in [0.25, 0.3) is 0 Å². The van der Waals surface area contributed by atoms with Crippen molar-refractivity contribution in [3.05, 3.63) is 52.6 Å². The fourth-order valence-corrected chi connectivity index (χ4v) is 1.78. The maximum Gasteiger partial charge on any atom is 0.312 e. The second-order valence-electron chi connectivity index (χ2n) is 4.14. The molecule has 20 heavy (non-hydrogen) atoms.